The standard InChI is InChI=1S/C21H21N3O3/c1-14-8-7-9-15(2)20(14)23-19(25)13-27-21(26)18-12-22-24(16(18)3)17-10-5-4-6-11-17/h4-12H,13H2,1-3H3,(H,23,25). The van der Waals surface area contributed by atoms with Crippen molar-refractivity contribution in [3.05, 3.63) is 77.1 Å². The van der Waals surface area contributed by atoms with Gasteiger partial charge in [-0.05, 0) is 44.0 Å². The van der Waals surface area contributed by atoms with Crippen molar-refractivity contribution in [2.75, 3.05) is 11.9 Å². The second-order valence-corrected chi connectivity index (χ2v) is 6.28. The lowest BCUT2D eigenvalue weighted by atomic mass is 10.1. The zero-order valence-electron chi connectivity index (χ0n) is 15.5. The number of ether oxygens (including phenoxy) is 1. The van der Waals surface area contributed by atoms with Crippen LogP contribution in [0.3, 0.4) is 0 Å². The fourth-order valence-corrected chi connectivity index (χ4v) is 2.84. The molecule has 0 atom stereocenters. The zero-order valence-corrected chi connectivity index (χ0v) is 15.5. The Morgan fingerprint density at radius 1 is 1.00 bits per heavy atom. The van der Waals surface area contributed by atoms with Crippen molar-refractivity contribution in [2.24, 2.45) is 0 Å². The Hall–Kier alpha value is -3.41. The summed E-state index contributed by atoms with van der Waals surface area (Å²) in [6.45, 7) is 5.25. The first-order valence-electron chi connectivity index (χ1n) is 8.60. The quantitative estimate of drug-likeness (QED) is 0.703. The van der Waals surface area contributed by atoms with E-state index < -0.39 is 5.97 Å². The van der Waals surface area contributed by atoms with Gasteiger partial charge in [0.05, 0.1) is 17.6 Å². The minimum absolute atomic E-state index is 0.332. The van der Waals surface area contributed by atoms with Gasteiger partial charge in [0.15, 0.2) is 6.61 Å². The van der Waals surface area contributed by atoms with E-state index in [2.05, 4.69) is 10.4 Å². The number of aryl methyl sites for hydroxylation is 2. The highest BCUT2D eigenvalue weighted by atomic mass is 16.5. The van der Waals surface area contributed by atoms with Gasteiger partial charge in [-0.2, -0.15) is 5.10 Å². The Morgan fingerprint density at radius 2 is 1.67 bits per heavy atom. The second-order valence-electron chi connectivity index (χ2n) is 6.28. The maximum Gasteiger partial charge on any atom is 0.342 e. The van der Waals surface area contributed by atoms with Gasteiger partial charge in [0, 0.05) is 5.69 Å². The van der Waals surface area contributed by atoms with E-state index in [1.165, 1.54) is 6.20 Å². The summed E-state index contributed by atoms with van der Waals surface area (Å²) in [5, 5.41) is 7.03. The first kappa shape index (κ1) is 18.4. The molecule has 27 heavy (non-hydrogen) atoms. The van der Waals surface area contributed by atoms with E-state index in [1.54, 1.807) is 11.6 Å². The van der Waals surface area contributed by atoms with Gasteiger partial charge in [-0.15, -0.1) is 0 Å². The Labute approximate surface area is 157 Å². The number of anilines is 1. The first-order valence-corrected chi connectivity index (χ1v) is 8.60. The van der Waals surface area contributed by atoms with Crippen LogP contribution in [0.25, 0.3) is 5.69 Å². The van der Waals surface area contributed by atoms with Crippen molar-refractivity contribution in [1.82, 2.24) is 9.78 Å². The summed E-state index contributed by atoms with van der Waals surface area (Å²) < 4.78 is 6.83. The molecule has 1 heterocycles. The van der Waals surface area contributed by atoms with Crippen LogP contribution in [0.5, 0.6) is 0 Å². The predicted molar refractivity (Wildman–Crippen MR) is 103 cm³/mol. The molecule has 1 aromatic heterocycles. The largest absolute Gasteiger partial charge is 0.452 e. The van der Waals surface area contributed by atoms with Crippen LogP contribution in [0.2, 0.25) is 0 Å². The molecule has 3 rings (SSSR count). The number of aromatic nitrogens is 2. The molecule has 0 unspecified atom stereocenters. The van der Waals surface area contributed by atoms with E-state index in [4.69, 9.17) is 4.74 Å². The van der Waals surface area contributed by atoms with E-state index in [0.29, 0.717) is 11.3 Å². The number of nitrogens with one attached hydrogen (secondary N) is 1. The Kier molecular flexibility index (Phi) is 5.35. The molecule has 0 saturated heterocycles. The molecule has 0 aliphatic carbocycles. The molecule has 0 aliphatic rings. The predicted octanol–water partition coefficient (Wildman–Crippen LogP) is 3.59. The van der Waals surface area contributed by atoms with Gasteiger partial charge in [-0.1, -0.05) is 36.4 Å². The summed E-state index contributed by atoms with van der Waals surface area (Å²) in [7, 11) is 0. The highest BCUT2D eigenvalue weighted by Gasteiger charge is 2.18. The van der Waals surface area contributed by atoms with Crippen LogP contribution in [-0.2, 0) is 9.53 Å². The third-order valence-corrected chi connectivity index (χ3v) is 4.31. The number of nitrogens with zero attached hydrogens (tertiary/aromatic N) is 2. The molecule has 0 bridgehead atoms. The molecule has 0 spiro atoms. The van der Waals surface area contributed by atoms with Gasteiger partial charge < -0.3 is 10.1 Å². The molecule has 2 aromatic carbocycles. The molecule has 138 valence electrons. The number of hydrogen-bond acceptors (Lipinski definition) is 4. The van der Waals surface area contributed by atoms with Crippen molar-refractivity contribution >= 4 is 17.6 Å². The minimum atomic E-state index is -0.577. The van der Waals surface area contributed by atoms with E-state index >= 15 is 0 Å². The number of rotatable bonds is 5. The lowest BCUT2D eigenvalue weighted by Gasteiger charge is -2.11. The molecule has 1 N–H and O–H groups in total. The average Bonchev–Trinajstić information content (AvgIpc) is 3.05. The van der Waals surface area contributed by atoms with E-state index in [0.717, 1.165) is 22.5 Å². The summed E-state index contributed by atoms with van der Waals surface area (Å²) in [5.41, 5.74) is 4.48. The van der Waals surface area contributed by atoms with Crippen LogP contribution >= 0.6 is 0 Å². The molecule has 6 heteroatoms. The lowest BCUT2D eigenvalue weighted by molar-refractivity contribution is -0.119. The van der Waals surface area contributed by atoms with Gasteiger partial charge in [-0.3, -0.25) is 4.79 Å². The number of esters is 1. The Balaban J connectivity index is 1.65. The monoisotopic (exact) mass is 363 g/mol. The van der Waals surface area contributed by atoms with Gasteiger partial charge in [0.25, 0.3) is 5.91 Å². The summed E-state index contributed by atoms with van der Waals surface area (Å²) in [6.07, 6.45) is 1.45. The number of carbonyl (C=O) groups is 2. The van der Waals surface area contributed by atoms with Crippen LogP contribution in [0.1, 0.15) is 27.2 Å². The van der Waals surface area contributed by atoms with Crippen LogP contribution in [-0.4, -0.2) is 28.3 Å². The molecule has 1 amide bonds. The third kappa shape index (κ3) is 4.06. The number of para-hydroxylation sites is 2. The van der Waals surface area contributed by atoms with Crippen molar-refractivity contribution in [1.29, 1.82) is 0 Å². The fraction of sp³-hybridized carbons (Fsp3) is 0.190. The van der Waals surface area contributed by atoms with Crippen molar-refractivity contribution in [2.45, 2.75) is 20.8 Å². The molecule has 6 nitrogen and oxygen atoms in total. The summed E-state index contributed by atoms with van der Waals surface area (Å²) in [6, 6.07) is 15.2. The van der Waals surface area contributed by atoms with Gasteiger partial charge in [0.2, 0.25) is 0 Å². The third-order valence-electron chi connectivity index (χ3n) is 4.31. The van der Waals surface area contributed by atoms with Gasteiger partial charge in [-0.25, -0.2) is 9.48 Å². The van der Waals surface area contributed by atoms with Crippen molar-refractivity contribution in [3.63, 3.8) is 0 Å². The van der Waals surface area contributed by atoms with E-state index in [1.807, 2.05) is 62.4 Å². The summed E-state index contributed by atoms with van der Waals surface area (Å²) in [5.74, 6) is -0.958. The number of carbonyl (C=O) groups excluding carboxylic acids is 2. The van der Waals surface area contributed by atoms with Crippen LogP contribution in [0, 0.1) is 20.8 Å². The maximum absolute atomic E-state index is 12.3. The van der Waals surface area contributed by atoms with Crippen LogP contribution < -0.4 is 5.32 Å². The molecular formula is C21H21N3O3. The summed E-state index contributed by atoms with van der Waals surface area (Å²) >= 11 is 0. The van der Waals surface area contributed by atoms with Gasteiger partial charge >= 0.3 is 5.97 Å². The van der Waals surface area contributed by atoms with E-state index in [9.17, 15) is 9.59 Å². The SMILES string of the molecule is Cc1cccc(C)c1NC(=O)COC(=O)c1cnn(-c2ccccc2)c1C. The van der Waals surface area contributed by atoms with Gasteiger partial charge in [0.1, 0.15) is 5.56 Å². The summed E-state index contributed by atoms with van der Waals surface area (Å²) in [4.78, 5) is 24.5. The Morgan fingerprint density at radius 3 is 2.33 bits per heavy atom. The average molecular weight is 363 g/mol. The van der Waals surface area contributed by atoms with Crippen molar-refractivity contribution in [3.8, 4) is 5.69 Å². The maximum atomic E-state index is 12.3. The minimum Gasteiger partial charge on any atom is -0.452 e. The Bertz CT molecular complexity index is 957. The highest BCUT2D eigenvalue weighted by molar-refractivity contribution is 5.96. The highest BCUT2D eigenvalue weighted by Crippen LogP contribution is 2.19. The zero-order chi connectivity index (χ0) is 19.4. The fourth-order valence-electron chi connectivity index (χ4n) is 2.84. The molecular weight excluding hydrogens is 342 g/mol. The topological polar surface area (TPSA) is 73.2 Å². The number of benzene rings is 2. The molecule has 0 radical (unpaired) electrons. The second kappa shape index (κ2) is 7.86. The molecule has 3 aromatic rings. The first-order chi connectivity index (χ1) is 13.0. The molecule has 0 aliphatic heterocycles. The molecule has 0 fully saturated rings. The lowest BCUT2D eigenvalue weighted by Crippen LogP contribution is -2.22. The van der Waals surface area contributed by atoms with Crippen molar-refractivity contribution < 1.29 is 14.3 Å². The normalized spacial score (nSPS) is 10.5. The van der Waals surface area contributed by atoms with Crippen LogP contribution in [0.4, 0.5) is 5.69 Å². The van der Waals surface area contributed by atoms with E-state index in [-0.39, 0.29) is 12.5 Å². The number of amides is 1. The molecule has 0 saturated carbocycles. The smallest absolute Gasteiger partial charge is 0.342 e. The van der Waals surface area contributed by atoms with Crippen LogP contribution in [0.15, 0.2) is 54.7 Å². The number of hydrogen-bond donors (Lipinski definition) is 1.